The molecule has 0 aliphatic rings. The number of hydrogen-bond acceptors (Lipinski definition) is 6. The van der Waals surface area contributed by atoms with Gasteiger partial charge in [-0.1, -0.05) is 17.3 Å². The van der Waals surface area contributed by atoms with Gasteiger partial charge in [0.05, 0.1) is 0 Å². The van der Waals surface area contributed by atoms with Crippen molar-refractivity contribution in [3.63, 3.8) is 0 Å². The average Bonchev–Trinajstić information content (AvgIpc) is 2.98. The molecule has 3 rings (SSSR count). The number of hydrogen-bond donors (Lipinski definition) is 1. The molecule has 20 heavy (non-hydrogen) atoms. The molecule has 2 aromatic heterocycles. The Balaban J connectivity index is 1.91. The molecule has 0 bridgehead atoms. The molecule has 0 atom stereocenters. The molecule has 100 valence electrons. The Morgan fingerprint density at radius 3 is 2.40 bits per heavy atom. The van der Waals surface area contributed by atoms with Crippen molar-refractivity contribution in [2.24, 2.45) is 5.73 Å². The van der Waals surface area contributed by atoms with E-state index in [4.69, 9.17) is 10.3 Å². The third-order valence-corrected chi connectivity index (χ3v) is 2.84. The van der Waals surface area contributed by atoms with E-state index in [0.717, 1.165) is 16.7 Å². The van der Waals surface area contributed by atoms with Crippen LogP contribution < -0.4 is 5.73 Å². The molecule has 0 radical (unpaired) electrons. The first kappa shape index (κ1) is 12.4. The quantitative estimate of drug-likeness (QED) is 0.780. The summed E-state index contributed by atoms with van der Waals surface area (Å²) in [5, 5.41) is 3.90. The minimum Gasteiger partial charge on any atom is -0.334 e. The van der Waals surface area contributed by atoms with E-state index in [1.807, 2.05) is 31.2 Å². The van der Waals surface area contributed by atoms with Crippen LogP contribution >= 0.6 is 0 Å². The van der Waals surface area contributed by atoms with Crippen molar-refractivity contribution in [2.75, 3.05) is 0 Å². The van der Waals surface area contributed by atoms with Crippen LogP contribution in [-0.2, 0) is 6.54 Å². The highest BCUT2D eigenvalue weighted by Crippen LogP contribution is 2.20. The predicted molar refractivity (Wildman–Crippen MR) is 73.4 cm³/mol. The largest absolute Gasteiger partial charge is 0.334 e. The van der Waals surface area contributed by atoms with Gasteiger partial charge in [-0.2, -0.15) is 4.98 Å². The van der Waals surface area contributed by atoms with E-state index in [1.54, 1.807) is 12.4 Å². The maximum Gasteiger partial charge on any atom is 0.258 e. The molecule has 3 aromatic rings. The predicted octanol–water partition coefficient (Wildman–Crippen LogP) is 1.96. The molecule has 2 heterocycles. The normalized spacial score (nSPS) is 10.7. The van der Waals surface area contributed by atoms with Gasteiger partial charge in [0.25, 0.3) is 5.89 Å². The SMILES string of the molecule is Cc1cnc(-c2noc(-c3ccc(CN)cc3)n2)nc1. The Morgan fingerprint density at radius 2 is 1.75 bits per heavy atom. The summed E-state index contributed by atoms with van der Waals surface area (Å²) in [6.45, 7) is 2.43. The minimum absolute atomic E-state index is 0.378. The van der Waals surface area contributed by atoms with Crippen molar-refractivity contribution >= 4 is 0 Å². The summed E-state index contributed by atoms with van der Waals surface area (Å²) in [4.78, 5) is 12.6. The molecule has 0 spiro atoms. The van der Waals surface area contributed by atoms with Crippen molar-refractivity contribution in [1.82, 2.24) is 20.1 Å². The van der Waals surface area contributed by atoms with Gasteiger partial charge in [-0.15, -0.1) is 0 Å². The highest BCUT2D eigenvalue weighted by atomic mass is 16.5. The summed E-state index contributed by atoms with van der Waals surface area (Å²) in [7, 11) is 0. The summed E-state index contributed by atoms with van der Waals surface area (Å²) in [6, 6.07) is 7.66. The number of rotatable bonds is 3. The molecule has 2 N–H and O–H groups in total. The van der Waals surface area contributed by atoms with Crippen LogP contribution in [-0.4, -0.2) is 20.1 Å². The fraction of sp³-hybridized carbons (Fsp3) is 0.143. The van der Waals surface area contributed by atoms with Crippen LogP contribution in [0.15, 0.2) is 41.2 Å². The molecule has 0 aliphatic heterocycles. The van der Waals surface area contributed by atoms with Gasteiger partial charge in [-0.05, 0) is 30.2 Å². The van der Waals surface area contributed by atoms with E-state index < -0.39 is 0 Å². The molecule has 6 heteroatoms. The minimum atomic E-state index is 0.378. The highest BCUT2D eigenvalue weighted by molar-refractivity contribution is 5.56. The van der Waals surface area contributed by atoms with Crippen molar-refractivity contribution in [1.29, 1.82) is 0 Å². The molecule has 0 saturated carbocycles. The molecule has 0 saturated heterocycles. The second kappa shape index (κ2) is 5.18. The smallest absolute Gasteiger partial charge is 0.258 e. The second-order valence-electron chi connectivity index (χ2n) is 4.41. The zero-order valence-corrected chi connectivity index (χ0v) is 10.9. The first-order chi connectivity index (χ1) is 9.76. The lowest BCUT2D eigenvalue weighted by atomic mass is 10.1. The Labute approximate surface area is 115 Å². The van der Waals surface area contributed by atoms with Gasteiger partial charge >= 0.3 is 0 Å². The van der Waals surface area contributed by atoms with Crippen LogP contribution in [0.1, 0.15) is 11.1 Å². The maximum absolute atomic E-state index is 5.56. The van der Waals surface area contributed by atoms with Crippen LogP contribution in [0.3, 0.4) is 0 Å². The zero-order valence-electron chi connectivity index (χ0n) is 10.9. The number of aromatic nitrogens is 4. The van der Waals surface area contributed by atoms with Crippen LogP contribution in [0.2, 0.25) is 0 Å². The maximum atomic E-state index is 5.56. The molecule has 1 aromatic carbocycles. The lowest BCUT2D eigenvalue weighted by Crippen LogP contribution is -1.95. The van der Waals surface area contributed by atoms with E-state index in [9.17, 15) is 0 Å². The van der Waals surface area contributed by atoms with Gasteiger partial charge in [0.15, 0.2) is 0 Å². The molecule has 6 nitrogen and oxygen atoms in total. The Morgan fingerprint density at radius 1 is 1.05 bits per heavy atom. The standard InChI is InChI=1S/C14H13N5O/c1-9-7-16-12(17-8-9)13-18-14(20-19-13)11-4-2-10(6-15)3-5-11/h2-5,7-8H,6,15H2,1H3. The number of nitrogens with two attached hydrogens (primary N) is 1. The van der Waals surface area contributed by atoms with E-state index in [2.05, 4.69) is 20.1 Å². The number of aryl methyl sites for hydroxylation is 1. The number of nitrogens with zero attached hydrogens (tertiary/aromatic N) is 4. The fourth-order valence-corrected chi connectivity index (χ4v) is 1.72. The van der Waals surface area contributed by atoms with Crippen LogP contribution in [0.4, 0.5) is 0 Å². The zero-order chi connectivity index (χ0) is 13.9. The monoisotopic (exact) mass is 267 g/mol. The van der Waals surface area contributed by atoms with Gasteiger partial charge in [-0.25, -0.2) is 9.97 Å². The molecular weight excluding hydrogens is 254 g/mol. The van der Waals surface area contributed by atoms with Gasteiger partial charge < -0.3 is 10.3 Å². The van der Waals surface area contributed by atoms with Crippen molar-refractivity contribution < 1.29 is 4.52 Å². The average molecular weight is 267 g/mol. The molecule has 0 unspecified atom stereocenters. The summed E-state index contributed by atoms with van der Waals surface area (Å²) in [5.41, 5.74) is 8.44. The van der Waals surface area contributed by atoms with E-state index in [0.29, 0.717) is 24.1 Å². The first-order valence-corrected chi connectivity index (χ1v) is 6.18. The Kier molecular flexibility index (Phi) is 3.22. The van der Waals surface area contributed by atoms with Gasteiger partial charge in [0, 0.05) is 24.5 Å². The molecular formula is C14H13N5O. The Bertz CT molecular complexity index is 703. The fourth-order valence-electron chi connectivity index (χ4n) is 1.72. The summed E-state index contributed by atoms with van der Waals surface area (Å²) in [6.07, 6.45) is 3.43. The van der Waals surface area contributed by atoms with Gasteiger partial charge in [0.1, 0.15) is 0 Å². The van der Waals surface area contributed by atoms with E-state index >= 15 is 0 Å². The van der Waals surface area contributed by atoms with Crippen molar-refractivity contribution in [3.05, 3.63) is 47.8 Å². The van der Waals surface area contributed by atoms with Crippen molar-refractivity contribution in [2.45, 2.75) is 13.5 Å². The van der Waals surface area contributed by atoms with Crippen LogP contribution in [0, 0.1) is 6.92 Å². The van der Waals surface area contributed by atoms with E-state index in [-0.39, 0.29) is 0 Å². The first-order valence-electron chi connectivity index (χ1n) is 6.18. The van der Waals surface area contributed by atoms with Gasteiger partial charge in [-0.3, -0.25) is 0 Å². The third kappa shape index (κ3) is 2.41. The summed E-state index contributed by atoms with van der Waals surface area (Å²) >= 11 is 0. The van der Waals surface area contributed by atoms with Crippen LogP contribution in [0.5, 0.6) is 0 Å². The highest BCUT2D eigenvalue weighted by Gasteiger charge is 2.12. The van der Waals surface area contributed by atoms with E-state index in [1.165, 1.54) is 0 Å². The molecule has 0 aliphatic carbocycles. The molecule has 0 fully saturated rings. The van der Waals surface area contributed by atoms with Crippen LogP contribution in [0.25, 0.3) is 23.1 Å². The summed E-state index contributed by atoms with van der Waals surface area (Å²) < 4.78 is 5.24. The topological polar surface area (TPSA) is 90.7 Å². The number of benzene rings is 1. The van der Waals surface area contributed by atoms with Crippen molar-refractivity contribution in [3.8, 4) is 23.1 Å². The Hall–Kier alpha value is -2.60. The summed E-state index contributed by atoms with van der Waals surface area (Å²) in [5.74, 6) is 1.26. The lowest BCUT2D eigenvalue weighted by molar-refractivity contribution is 0.432. The second-order valence-corrected chi connectivity index (χ2v) is 4.41. The van der Waals surface area contributed by atoms with Gasteiger partial charge in [0.2, 0.25) is 11.6 Å². The molecule has 0 amide bonds. The lowest BCUT2D eigenvalue weighted by Gasteiger charge is -1.97. The third-order valence-electron chi connectivity index (χ3n) is 2.84.